The number of hydrogen-bond donors (Lipinski definition) is 1. The van der Waals surface area contributed by atoms with Crippen LogP contribution in [0.1, 0.15) is 23.4 Å². The van der Waals surface area contributed by atoms with Gasteiger partial charge in [0.2, 0.25) is 0 Å². The molecule has 0 aromatic carbocycles. The van der Waals surface area contributed by atoms with E-state index in [0.29, 0.717) is 6.04 Å². The number of aryl methyl sites for hydroxylation is 1. The molecule has 1 rings (SSSR count). The SMILES string of the molecule is CCNC(COC)c1cc(C)c(Br)s1. The van der Waals surface area contributed by atoms with Gasteiger partial charge in [-0.25, -0.2) is 0 Å². The Kier molecular flexibility index (Phi) is 5.09. The fourth-order valence-electron chi connectivity index (χ4n) is 1.31. The maximum absolute atomic E-state index is 5.19. The lowest BCUT2D eigenvalue weighted by atomic mass is 10.2. The van der Waals surface area contributed by atoms with Crippen LogP contribution in [0.25, 0.3) is 0 Å². The molecule has 0 bridgehead atoms. The van der Waals surface area contributed by atoms with Gasteiger partial charge in [-0.15, -0.1) is 11.3 Å². The van der Waals surface area contributed by atoms with E-state index >= 15 is 0 Å². The molecular formula is C10H16BrNOS. The molecule has 0 aliphatic carbocycles. The first kappa shape index (κ1) is 12.2. The van der Waals surface area contributed by atoms with Crippen LogP contribution in [0.15, 0.2) is 9.85 Å². The van der Waals surface area contributed by atoms with Gasteiger partial charge in [0.15, 0.2) is 0 Å². The first-order valence-electron chi connectivity index (χ1n) is 4.67. The van der Waals surface area contributed by atoms with E-state index in [4.69, 9.17) is 4.74 Å². The van der Waals surface area contributed by atoms with Crippen LogP contribution in [0.4, 0.5) is 0 Å². The van der Waals surface area contributed by atoms with Crippen molar-refractivity contribution in [3.05, 3.63) is 20.3 Å². The summed E-state index contributed by atoms with van der Waals surface area (Å²) in [5.41, 5.74) is 1.30. The Balaban J connectivity index is 2.76. The van der Waals surface area contributed by atoms with Crippen molar-refractivity contribution in [1.29, 1.82) is 0 Å². The van der Waals surface area contributed by atoms with Gasteiger partial charge < -0.3 is 10.1 Å². The Labute approximate surface area is 97.8 Å². The van der Waals surface area contributed by atoms with Crippen LogP contribution in [0.2, 0.25) is 0 Å². The van der Waals surface area contributed by atoms with Gasteiger partial charge in [-0.1, -0.05) is 6.92 Å². The monoisotopic (exact) mass is 277 g/mol. The number of hydrogen-bond acceptors (Lipinski definition) is 3. The zero-order valence-corrected chi connectivity index (χ0v) is 11.2. The highest BCUT2D eigenvalue weighted by Crippen LogP contribution is 2.31. The van der Waals surface area contributed by atoms with Crippen LogP contribution in [0, 0.1) is 6.92 Å². The molecule has 1 heterocycles. The number of ether oxygens (including phenoxy) is 1. The van der Waals surface area contributed by atoms with E-state index in [9.17, 15) is 0 Å². The van der Waals surface area contributed by atoms with Crippen LogP contribution < -0.4 is 5.32 Å². The summed E-state index contributed by atoms with van der Waals surface area (Å²) in [4.78, 5) is 1.33. The second-order valence-corrected chi connectivity index (χ2v) is 5.57. The summed E-state index contributed by atoms with van der Waals surface area (Å²) >= 11 is 5.31. The first-order chi connectivity index (χ1) is 6.69. The fraction of sp³-hybridized carbons (Fsp3) is 0.600. The normalized spacial score (nSPS) is 13.1. The summed E-state index contributed by atoms with van der Waals surface area (Å²) in [6.45, 7) is 5.90. The van der Waals surface area contributed by atoms with Crippen LogP contribution >= 0.6 is 27.3 Å². The third-order valence-electron chi connectivity index (χ3n) is 2.00. The lowest BCUT2D eigenvalue weighted by Gasteiger charge is -2.14. The lowest BCUT2D eigenvalue weighted by molar-refractivity contribution is 0.169. The van der Waals surface area contributed by atoms with Gasteiger partial charge in [0, 0.05) is 12.0 Å². The number of nitrogens with one attached hydrogen (secondary N) is 1. The Morgan fingerprint density at radius 1 is 1.64 bits per heavy atom. The minimum Gasteiger partial charge on any atom is -0.383 e. The molecule has 80 valence electrons. The van der Waals surface area contributed by atoms with Gasteiger partial charge in [0.1, 0.15) is 0 Å². The highest BCUT2D eigenvalue weighted by Gasteiger charge is 2.13. The highest BCUT2D eigenvalue weighted by molar-refractivity contribution is 9.11. The molecule has 2 nitrogen and oxygen atoms in total. The maximum Gasteiger partial charge on any atom is 0.0731 e. The molecule has 1 aromatic rings. The van der Waals surface area contributed by atoms with Crippen LogP contribution in [-0.2, 0) is 4.74 Å². The molecule has 0 fully saturated rings. The molecule has 0 radical (unpaired) electrons. The Morgan fingerprint density at radius 2 is 2.36 bits per heavy atom. The van der Waals surface area contributed by atoms with Gasteiger partial charge in [-0.05, 0) is 41.0 Å². The van der Waals surface area contributed by atoms with Gasteiger partial charge in [-0.3, -0.25) is 0 Å². The van der Waals surface area contributed by atoms with Crippen molar-refractivity contribution < 1.29 is 4.74 Å². The van der Waals surface area contributed by atoms with E-state index in [1.807, 2.05) is 0 Å². The number of rotatable bonds is 5. The van der Waals surface area contributed by atoms with Crippen molar-refractivity contribution in [3.8, 4) is 0 Å². The smallest absolute Gasteiger partial charge is 0.0731 e. The molecule has 0 saturated heterocycles. The fourth-order valence-corrected chi connectivity index (χ4v) is 2.94. The van der Waals surface area contributed by atoms with Crippen LogP contribution in [0.5, 0.6) is 0 Å². The van der Waals surface area contributed by atoms with Crippen molar-refractivity contribution in [1.82, 2.24) is 5.32 Å². The Hall–Kier alpha value is 0.1000. The van der Waals surface area contributed by atoms with Gasteiger partial charge in [0.05, 0.1) is 16.4 Å². The predicted molar refractivity (Wildman–Crippen MR) is 65.0 cm³/mol. The highest BCUT2D eigenvalue weighted by atomic mass is 79.9. The molecule has 1 aromatic heterocycles. The molecule has 0 aliphatic rings. The molecule has 0 amide bonds. The lowest BCUT2D eigenvalue weighted by Crippen LogP contribution is -2.23. The third-order valence-corrected chi connectivity index (χ3v) is 4.25. The zero-order valence-electron chi connectivity index (χ0n) is 8.76. The van der Waals surface area contributed by atoms with E-state index < -0.39 is 0 Å². The van der Waals surface area contributed by atoms with Gasteiger partial charge in [0.25, 0.3) is 0 Å². The molecule has 0 spiro atoms. The van der Waals surface area contributed by atoms with Crippen LogP contribution in [0.3, 0.4) is 0 Å². The second-order valence-electron chi connectivity index (χ2n) is 3.17. The number of likely N-dealkylation sites (N-methyl/N-ethyl adjacent to an activating group) is 1. The Morgan fingerprint density at radius 3 is 2.79 bits per heavy atom. The van der Waals surface area contributed by atoms with Crippen molar-refractivity contribution in [2.75, 3.05) is 20.3 Å². The molecule has 1 N–H and O–H groups in total. The van der Waals surface area contributed by atoms with Crippen molar-refractivity contribution in [3.63, 3.8) is 0 Å². The molecular weight excluding hydrogens is 262 g/mol. The van der Waals surface area contributed by atoms with Gasteiger partial charge in [-0.2, -0.15) is 0 Å². The zero-order chi connectivity index (χ0) is 10.6. The number of halogens is 1. The summed E-state index contributed by atoms with van der Waals surface area (Å²) in [6, 6.07) is 2.53. The standard InChI is InChI=1S/C10H16BrNOS/c1-4-12-8(6-13-3)9-5-7(2)10(11)14-9/h5,8,12H,4,6H2,1-3H3. The average molecular weight is 278 g/mol. The van der Waals surface area contributed by atoms with E-state index in [0.717, 1.165) is 13.2 Å². The largest absolute Gasteiger partial charge is 0.383 e. The summed E-state index contributed by atoms with van der Waals surface area (Å²) in [5.74, 6) is 0. The van der Waals surface area contributed by atoms with E-state index in [-0.39, 0.29) is 0 Å². The van der Waals surface area contributed by atoms with E-state index in [1.165, 1.54) is 14.2 Å². The quantitative estimate of drug-likeness (QED) is 0.893. The molecule has 0 aliphatic heterocycles. The third kappa shape index (κ3) is 3.05. The summed E-state index contributed by atoms with van der Waals surface area (Å²) in [5, 5.41) is 3.40. The topological polar surface area (TPSA) is 21.3 Å². The summed E-state index contributed by atoms with van der Waals surface area (Å²) in [7, 11) is 1.74. The van der Waals surface area contributed by atoms with Gasteiger partial charge >= 0.3 is 0 Å². The molecule has 1 unspecified atom stereocenters. The molecule has 0 saturated carbocycles. The average Bonchev–Trinajstić information content (AvgIpc) is 2.47. The molecule has 4 heteroatoms. The van der Waals surface area contributed by atoms with Crippen molar-refractivity contribution in [2.24, 2.45) is 0 Å². The summed E-state index contributed by atoms with van der Waals surface area (Å²) < 4.78 is 6.40. The second kappa shape index (κ2) is 5.85. The summed E-state index contributed by atoms with van der Waals surface area (Å²) in [6.07, 6.45) is 0. The number of thiophene rings is 1. The predicted octanol–water partition coefficient (Wildman–Crippen LogP) is 3.12. The van der Waals surface area contributed by atoms with Crippen molar-refractivity contribution in [2.45, 2.75) is 19.9 Å². The minimum atomic E-state index is 0.319. The molecule has 14 heavy (non-hydrogen) atoms. The van der Waals surface area contributed by atoms with Crippen LogP contribution in [-0.4, -0.2) is 20.3 Å². The van der Waals surface area contributed by atoms with E-state index in [1.54, 1.807) is 18.4 Å². The minimum absolute atomic E-state index is 0.319. The first-order valence-corrected chi connectivity index (χ1v) is 6.28. The number of methoxy groups -OCH3 is 1. The molecule has 1 atom stereocenters. The maximum atomic E-state index is 5.19. The Bertz CT molecular complexity index is 262. The van der Waals surface area contributed by atoms with E-state index in [2.05, 4.69) is 41.2 Å². The van der Waals surface area contributed by atoms with Crippen molar-refractivity contribution >= 4 is 27.3 Å².